The molecule has 2 rings (SSSR count). The fraction of sp³-hybridized carbons (Fsp3) is 0.467. The van der Waals surface area contributed by atoms with Gasteiger partial charge in [-0.3, -0.25) is 4.79 Å². The summed E-state index contributed by atoms with van der Waals surface area (Å²) in [4.78, 5) is 12.1. The van der Waals surface area contributed by atoms with Crippen LogP contribution in [-0.2, 0) is 10.5 Å². The van der Waals surface area contributed by atoms with Gasteiger partial charge in [0.2, 0.25) is 5.72 Å². The highest BCUT2D eigenvalue weighted by Gasteiger charge is 2.50. The maximum atomic E-state index is 13.0. The Morgan fingerprint density at radius 1 is 1.45 bits per heavy atom. The van der Waals surface area contributed by atoms with Crippen LogP contribution in [-0.4, -0.2) is 39.6 Å². The number of hydrogen-bond acceptors (Lipinski definition) is 4. The zero-order chi connectivity index (χ0) is 16.3. The van der Waals surface area contributed by atoms with Crippen LogP contribution in [0.3, 0.4) is 0 Å². The molecule has 0 aromatic heterocycles. The van der Waals surface area contributed by atoms with E-state index in [1.54, 1.807) is 0 Å². The average molecular weight is 328 g/mol. The van der Waals surface area contributed by atoms with Gasteiger partial charge >= 0.3 is 0 Å². The van der Waals surface area contributed by atoms with E-state index in [9.17, 15) is 18.7 Å². The molecule has 1 amide bonds. The smallest absolute Gasteiger partial charge is 0.287 e. The number of benzene rings is 1. The van der Waals surface area contributed by atoms with Crippen molar-refractivity contribution in [1.82, 2.24) is 5.01 Å². The molecular formula is C15H18F2N2O2S. The number of hydrazone groups is 1. The first-order valence-electron chi connectivity index (χ1n) is 6.84. The van der Waals surface area contributed by atoms with Crippen molar-refractivity contribution in [1.29, 1.82) is 0 Å². The number of thioether (sulfide) groups is 1. The lowest BCUT2D eigenvalue weighted by molar-refractivity contribution is -0.190. The summed E-state index contributed by atoms with van der Waals surface area (Å²) in [5.41, 5.74) is 0.0110. The summed E-state index contributed by atoms with van der Waals surface area (Å²) in [6.45, 7) is 3.49. The van der Waals surface area contributed by atoms with E-state index in [0.29, 0.717) is 16.5 Å². The second-order valence-electron chi connectivity index (χ2n) is 5.32. The number of alkyl halides is 2. The normalized spacial score (nSPS) is 21.4. The van der Waals surface area contributed by atoms with Crippen LogP contribution in [0.5, 0.6) is 0 Å². The van der Waals surface area contributed by atoms with E-state index in [0.717, 1.165) is 11.1 Å². The summed E-state index contributed by atoms with van der Waals surface area (Å²) in [6.07, 6.45) is -3.38. The van der Waals surface area contributed by atoms with Gasteiger partial charge in [0, 0.05) is 17.9 Å². The summed E-state index contributed by atoms with van der Waals surface area (Å²) in [6, 6.07) is 7.77. The monoisotopic (exact) mass is 328 g/mol. The van der Waals surface area contributed by atoms with Crippen molar-refractivity contribution in [2.24, 2.45) is 5.10 Å². The molecule has 4 nitrogen and oxygen atoms in total. The molecule has 120 valence electrons. The molecule has 1 heterocycles. The maximum Gasteiger partial charge on any atom is 0.287 e. The van der Waals surface area contributed by atoms with Crippen molar-refractivity contribution < 1.29 is 18.7 Å². The first kappa shape index (κ1) is 16.9. The molecular weight excluding hydrogens is 310 g/mol. The summed E-state index contributed by atoms with van der Waals surface area (Å²) in [5.74, 6) is -0.0272. The number of amides is 1. The Balaban J connectivity index is 1.96. The quantitative estimate of drug-likeness (QED) is 0.904. The van der Waals surface area contributed by atoms with Gasteiger partial charge in [0.1, 0.15) is 0 Å². The number of aliphatic hydroxyl groups is 1. The summed E-state index contributed by atoms with van der Waals surface area (Å²) in [7, 11) is 0. The van der Waals surface area contributed by atoms with Crippen LogP contribution in [0.15, 0.2) is 29.4 Å². The standard InChI is InChI=1S/C15H18F2N2O2S/c1-10-5-3-4-6-12(10)8-22-9-13(20)19-15(21,14(16)17)7-11(2)18-19/h3-6,14,21H,7-9H2,1-2H3/t15-/m0/s1. The molecule has 0 fully saturated rings. The first-order chi connectivity index (χ1) is 10.3. The lowest BCUT2D eigenvalue weighted by Crippen LogP contribution is -2.52. The van der Waals surface area contributed by atoms with E-state index in [2.05, 4.69) is 5.10 Å². The molecule has 1 aromatic carbocycles. The molecule has 1 aromatic rings. The third-order valence-corrected chi connectivity index (χ3v) is 4.45. The minimum atomic E-state index is -3.06. The maximum absolute atomic E-state index is 13.0. The molecule has 0 unspecified atom stereocenters. The van der Waals surface area contributed by atoms with Gasteiger partial charge in [-0.2, -0.15) is 10.1 Å². The molecule has 0 bridgehead atoms. The van der Waals surface area contributed by atoms with Crippen LogP contribution < -0.4 is 0 Å². The van der Waals surface area contributed by atoms with Gasteiger partial charge < -0.3 is 5.11 Å². The molecule has 0 aliphatic carbocycles. The van der Waals surface area contributed by atoms with Gasteiger partial charge in [0.05, 0.1) is 5.75 Å². The number of aryl methyl sites for hydroxylation is 1. The van der Waals surface area contributed by atoms with E-state index in [1.807, 2.05) is 31.2 Å². The number of nitrogens with zero attached hydrogens (tertiary/aromatic N) is 2. The van der Waals surface area contributed by atoms with E-state index in [1.165, 1.54) is 18.7 Å². The predicted molar refractivity (Wildman–Crippen MR) is 82.9 cm³/mol. The van der Waals surface area contributed by atoms with Crippen LogP contribution in [0.25, 0.3) is 0 Å². The number of halogens is 2. The third-order valence-electron chi connectivity index (χ3n) is 3.48. The lowest BCUT2D eigenvalue weighted by Gasteiger charge is -2.29. The zero-order valence-corrected chi connectivity index (χ0v) is 13.2. The third kappa shape index (κ3) is 3.47. The highest BCUT2D eigenvalue weighted by Crippen LogP contribution is 2.32. The van der Waals surface area contributed by atoms with Crippen LogP contribution in [0.2, 0.25) is 0 Å². The van der Waals surface area contributed by atoms with Gasteiger partial charge in [-0.25, -0.2) is 8.78 Å². The fourth-order valence-electron chi connectivity index (χ4n) is 2.27. The summed E-state index contributed by atoms with van der Waals surface area (Å²) >= 11 is 1.31. The number of rotatable bonds is 5. The Hall–Kier alpha value is -1.47. The SMILES string of the molecule is CC1=NN(C(=O)CSCc2ccccc2C)[C@@](O)(C(F)F)C1. The Morgan fingerprint density at radius 3 is 2.77 bits per heavy atom. The molecule has 0 saturated heterocycles. The zero-order valence-electron chi connectivity index (χ0n) is 12.4. The lowest BCUT2D eigenvalue weighted by atomic mass is 10.1. The van der Waals surface area contributed by atoms with Crippen LogP contribution in [0.1, 0.15) is 24.5 Å². The van der Waals surface area contributed by atoms with Gasteiger partial charge in [0.25, 0.3) is 12.3 Å². The number of hydrogen-bond donors (Lipinski definition) is 1. The second-order valence-corrected chi connectivity index (χ2v) is 6.30. The van der Waals surface area contributed by atoms with Crippen molar-refractivity contribution in [3.05, 3.63) is 35.4 Å². The van der Waals surface area contributed by atoms with Gasteiger partial charge in [-0.15, -0.1) is 11.8 Å². The molecule has 22 heavy (non-hydrogen) atoms. The van der Waals surface area contributed by atoms with Gasteiger partial charge in [-0.1, -0.05) is 24.3 Å². The molecule has 7 heteroatoms. The van der Waals surface area contributed by atoms with Crippen molar-refractivity contribution >= 4 is 23.4 Å². The molecule has 1 aliphatic rings. The topological polar surface area (TPSA) is 52.9 Å². The van der Waals surface area contributed by atoms with Crippen LogP contribution in [0, 0.1) is 6.92 Å². The Labute approximate surface area is 132 Å². The minimum absolute atomic E-state index is 0.0137. The van der Waals surface area contributed by atoms with Gasteiger partial charge in [0.15, 0.2) is 0 Å². The highest BCUT2D eigenvalue weighted by atomic mass is 32.2. The van der Waals surface area contributed by atoms with E-state index < -0.39 is 18.1 Å². The molecule has 0 spiro atoms. The van der Waals surface area contributed by atoms with E-state index in [4.69, 9.17) is 0 Å². The molecule has 1 aliphatic heterocycles. The van der Waals surface area contributed by atoms with E-state index >= 15 is 0 Å². The van der Waals surface area contributed by atoms with Gasteiger partial charge in [-0.05, 0) is 25.0 Å². The Morgan fingerprint density at radius 2 is 2.14 bits per heavy atom. The molecule has 1 N–H and O–H groups in total. The van der Waals surface area contributed by atoms with Crippen molar-refractivity contribution in [3.63, 3.8) is 0 Å². The Kier molecular flexibility index (Phi) is 5.18. The highest BCUT2D eigenvalue weighted by molar-refractivity contribution is 7.99. The molecule has 1 atom stereocenters. The van der Waals surface area contributed by atoms with Crippen molar-refractivity contribution in [2.45, 2.75) is 38.2 Å². The average Bonchev–Trinajstić information content (AvgIpc) is 2.77. The number of carbonyl (C=O) groups excluding carboxylic acids is 1. The first-order valence-corrected chi connectivity index (χ1v) is 8.00. The molecule has 0 saturated carbocycles. The predicted octanol–water partition coefficient (Wildman–Crippen LogP) is 2.79. The van der Waals surface area contributed by atoms with Crippen molar-refractivity contribution in [2.75, 3.05) is 5.75 Å². The summed E-state index contributed by atoms with van der Waals surface area (Å²) < 4.78 is 26.0. The van der Waals surface area contributed by atoms with Crippen molar-refractivity contribution in [3.8, 4) is 0 Å². The summed E-state index contributed by atoms with van der Waals surface area (Å²) in [5, 5.41) is 14.3. The second kappa shape index (κ2) is 6.75. The largest absolute Gasteiger partial charge is 0.364 e. The van der Waals surface area contributed by atoms with E-state index in [-0.39, 0.29) is 12.2 Å². The number of carbonyl (C=O) groups is 1. The Bertz CT molecular complexity index is 595. The van der Waals surface area contributed by atoms with Crippen LogP contribution >= 0.6 is 11.8 Å². The minimum Gasteiger partial charge on any atom is -0.364 e. The van der Waals surface area contributed by atoms with Crippen LogP contribution in [0.4, 0.5) is 8.78 Å². The fourth-order valence-corrected chi connectivity index (χ4v) is 3.21. The molecule has 0 radical (unpaired) electrons.